The minimum absolute atomic E-state index is 0.00340. The molecule has 32 heavy (non-hydrogen) atoms. The molecule has 0 aromatic heterocycles. The van der Waals surface area contributed by atoms with E-state index in [-0.39, 0.29) is 11.8 Å². The van der Waals surface area contributed by atoms with Gasteiger partial charge in [-0.05, 0) is 68.6 Å². The summed E-state index contributed by atoms with van der Waals surface area (Å²) in [7, 11) is 5.51. The minimum atomic E-state index is 0.00340. The van der Waals surface area contributed by atoms with Crippen molar-refractivity contribution in [3.05, 3.63) is 54.1 Å². The molecule has 0 saturated carbocycles. The fourth-order valence-corrected chi connectivity index (χ4v) is 5.33. The quantitative estimate of drug-likeness (QED) is 0.713. The molecule has 2 aliphatic rings. The van der Waals surface area contributed by atoms with Crippen LogP contribution >= 0.6 is 0 Å². The molecular formula is C26H35N3O3. The molecule has 2 aromatic carbocycles. The molecule has 6 heteroatoms. The zero-order valence-corrected chi connectivity index (χ0v) is 19.4. The Labute approximate surface area is 191 Å². The average molecular weight is 438 g/mol. The second kappa shape index (κ2) is 10.4. The Morgan fingerprint density at radius 1 is 1.09 bits per heavy atom. The molecule has 2 aliphatic heterocycles. The van der Waals surface area contributed by atoms with Crippen molar-refractivity contribution >= 4 is 11.6 Å². The van der Waals surface area contributed by atoms with Gasteiger partial charge in [-0.1, -0.05) is 24.3 Å². The fourth-order valence-electron chi connectivity index (χ4n) is 5.33. The number of carbonyl (C=O) groups is 1. The Hall–Kier alpha value is -2.57. The molecule has 3 atom stereocenters. The standard InChI is InChI=1S/C26H35N3O3/c1-28-17-21(26(30)27-23-11-4-5-12-25(23)32-3)15-24(28)20-9-7-13-29(18-20)16-19-8-6-10-22(14-19)31-2/h4-6,8,10-12,14,20-21,24H,7,9,13,15-18H2,1-3H3,(H,27,30)/t20-,21+,24+/m0/s1. The number of carbonyl (C=O) groups excluding carboxylic acids is 1. The Kier molecular flexibility index (Phi) is 7.33. The van der Waals surface area contributed by atoms with Gasteiger partial charge < -0.3 is 19.7 Å². The molecule has 2 saturated heterocycles. The number of nitrogens with one attached hydrogen (secondary N) is 1. The van der Waals surface area contributed by atoms with Crippen LogP contribution in [0.15, 0.2) is 48.5 Å². The molecule has 0 radical (unpaired) electrons. The van der Waals surface area contributed by atoms with Crippen LogP contribution in [0.1, 0.15) is 24.8 Å². The van der Waals surface area contributed by atoms with Crippen LogP contribution in [0.3, 0.4) is 0 Å². The molecule has 1 amide bonds. The van der Waals surface area contributed by atoms with Gasteiger partial charge in [-0.15, -0.1) is 0 Å². The van der Waals surface area contributed by atoms with Crippen molar-refractivity contribution in [3.63, 3.8) is 0 Å². The number of ether oxygens (including phenoxy) is 2. The van der Waals surface area contributed by atoms with E-state index in [1.807, 2.05) is 30.3 Å². The zero-order chi connectivity index (χ0) is 22.5. The van der Waals surface area contributed by atoms with Crippen molar-refractivity contribution in [2.75, 3.05) is 46.2 Å². The third-order valence-corrected chi connectivity index (χ3v) is 6.96. The van der Waals surface area contributed by atoms with E-state index in [1.54, 1.807) is 14.2 Å². The number of para-hydroxylation sites is 2. The minimum Gasteiger partial charge on any atom is -0.497 e. The molecule has 0 aliphatic carbocycles. The molecule has 0 unspecified atom stereocenters. The maximum Gasteiger partial charge on any atom is 0.228 e. The van der Waals surface area contributed by atoms with Gasteiger partial charge in [0.2, 0.25) is 5.91 Å². The summed E-state index contributed by atoms with van der Waals surface area (Å²) in [4.78, 5) is 18.0. The van der Waals surface area contributed by atoms with E-state index in [2.05, 4.69) is 40.4 Å². The number of rotatable bonds is 7. The van der Waals surface area contributed by atoms with Gasteiger partial charge >= 0.3 is 0 Å². The number of hydrogen-bond donors (Lipinski definition) is 1. The lowest BCUT2D eigenvalue weighted by Gasteiger charge is -2.38. The van der Waals surface area contributed by atoms with Crippen molar-refractivity contribution in [1.29, 1.82) is 0 Å². The first-order valence-electron chi connectivity index (χ1n) is 11.6. The summed E-state index contributed by atoms with van der Waals surface area (Å²) in [5.74, 6) is 2.29. The highest BCUT2D eigenvalue weighted by atomic mass is 16.5. The SMILES string of the molecule is COc1cccc(CN2CCC[C@H]([C@H]3C[C@@H](C(=O)Nc4ccccc4OC)CN3C)C2)c1. The van der Waals surface area contributed by atoms with Gasteiger partial charge in [0.05, 0.1) is 25.8 Å². The van der Waals surface area contributed by atoms with Gasteiger partial charge in [0.15, 0.2) is 0 Å². The summed E-state index contributed by atoms with van der Waals surface area (Å²) >= 11 is 0. The molecule has 2 fully saturated rings. The number of piperidine rings is 1. The monoisotopic (exact) mass is 437 g/mol. The molecule has 0 spiro atoms. The van der Waals surface area contributed by atoms with Crippen LogP contribution in [-0.4, -0.2) is 62.7 Å². The number of benzene rings is 2. The van der Waals surface area contributed by atoms with E-state index in [9.17, 15) is 4.79 Å². The van der Waals surface area contributed by atoms with Gasteiger partial charge in [0, 0.05) is 25.7 Å². The second-order valence-corrected chi connectivity index (χ2v) is 9.12. The molecule has 4 rings (SSSR count). The van der Waals surface area contributed by atoms with Crippen molar-refractivity contribution in [1.82, 2.24) is 9.80 Å². The summed E-state index contributed by atoms with van der Waals surface area (Å²) in [5, 5.41) is 3.09. The largest absolute Gasteiger partial charge is 0.497 e. The maximum atomic E-state index is 13.0. The van der Waals surface area contributed by atoms with Gasteiger partial charge in [-0.3, -0.25) is 9.69 Å². The summed E-state index contributed by atoms with van der Waals surface area (Å²) in [6, 6.07) is 16.4. The molecular weight excluding hydrogens is 402 g/mol. The van der Waals surface area contributed by atoms with Crippen molar-refractivity contribution < 1.29 is 14.3 Å². The van der Waals surface area contributed by atoms with Crippen LogP contribution in [0.4, 0.5) is 5.69 Å². The first kappa shape index (κ1) is 22.6. The van der Waals surface area contributed by atoms with Crippen molar-refractivity contribution in [2.45, 2.75) is 31.8 Å². The predicted octanol–water partition coefficient (Wildman–Crippen LogP) is 3.87. The molecule has 1 N–H and O–H groups in total. The van der Waals surface area contributed by atoms with E-state index in [0.29, 0.717) is 17.7 Å². The van der Waals surface area contributed by atoms with E-state index >= 15 is 0 Å². The third-order valence-electron chi connectivity index (χ3n) is 6.96. The zero-order valence-electron chi connectivity index (χ0n) is 19.4. The molecule has 2 heterocycles. The first-order chi connectivity index (χ1) is 15.6. The number of likely N-dealkylation sites (tertiary alicyclic amines) is 2. The van der Waals surface area contributed by atoms with Gasteiger partial charge in [-0.2, -0.15) is 0 Å². The molecule has 2 aromatic rings. The number of methoxy groups -OCH3 is 2. The van der Waals surface area contributed by atoms with Crippen LogP contribution in [0, 0.1) is 11.8 Å². The van der Waals surface area contributed by atoms with Crippen LogP contribution in [0.2, 0.25) is 0 Å². The maximum absolute atomic E-state index is 13.0. The van der Waals surface area contributed by atoms with Crippen LogP contribution in [0.25, 0.3) is 0 Å². The number of hydrogen-bond acceptors (Lipinski definition) is 5. The van der Waals surface area contributed by atoms with Crippen LogP contribution < -0.4 is 14.8 Å². The highest BCUT2D eigenvalue weighted by molar-refractivity contribution is 5.94. The normalized spacial score (nSPS) is 24.3. The summed E-state index contributed by atoms with van der Waals surface area (Å²) < 4.78 is 10.8. The summed E-state index contributed by atoms with van der Waals surface area (Å²) in [6.45, 7) is 3.95. The second-order valence-electron chi connectivity index (χ2n) is 9.12. The Bertz CT molecular complexity index is 919. The third kappa shape index (κ3) is 5.25. The van der Waals surface area contributed by atoms with Gasteiger partial charge in [0.1, 0.15) is 11.5 Å². The predicted molar refractivity (Wildman–Crippen MR) is 127 cm³/mol. The highest BCUT2D eigenvalue weighted by Crippen LogP contribution is 2.34. The lowest BCUT2D eigenvalue weighted by atomic mass is 9.87. The fraction of sp³-hybridized carbons (Fsp3) is 0.500. The van der Waals surface area contributed by atoms with E-state index in [0.717, 1.165) is 44.0 Å². The Morgan fingerprint density at radius 3 is 2.75 bits per heavy atom. The van der Waals surface area contributed by atoms with Crippen LogP contribution in [0.5, 0.6) is 11.5 Å². The molecule has 172 valence electrons. The number of anilines is 1. The Morgan fingerprint density at radius 2 is 1.94 bits per heavy atom. The lowest BCUT2D eigenvalue weighted by Crippen LogP contribution is -2.43. The van der Waals surface area contributed by atoms with Crippen molar-refractivity contribution in [2.24, 2.45) is 11.8 Å². The first-order valence-corrected chi connectivity index (χ1v) is 11.6. The van der Waals surface area contributed by atoms with Gasteiger partial charge in [-0.25, -0.2) is 0 Å². The number of nitrogens with zero attached hydrogens (tertiary/aromatic N) is 2. The average Bonchev–Trinajstić information content (AvgIpc) is 3.21. The van der Waals surface area contributed by atoms with E-state index < -0.39 is 0 Å². The van der Waals surface area contributed by atoms with Crippen LogP contribution in [-0.2, 0) is 11.3 Å². The highest BCUT2D eigenvalue weighted by Gasteiger charge is 2.39. The summed E-state index contributed by atoms with van der Waals surface area (Å²) in [6.07, 6.45) is 3.34. The molecule has 6 nitrogen and oxygen atoms in total. The number of amides is 1. The van der Waals surface area contributed by atoms with Gasteiger partial charge in [0.25, 0.3) is 0 Å². The Balaban J connectivity index is 1.35. The molecule has 0 bridgehead atoms. The lowest BCUT2D eigenvalue weighted by molar-refractivity contribution is -0.119. The van der Waals surface area contributed by atoms with E-state index in [1.165, 1.54) is 18.4 Å². The van der Waals surface area contributed by atoms with E-state index in [4.69, 9.17) is 9.47 Å². The van der Waals surface area contributed by atoms with Crippen molar-refractivity contribution in [3.8, 4) is 11.5 Å². The smallest absolute Gasteiger partial charge is 0.228 e. The topological polar surface area (TPSA) is 54.0 Å². The summed E-state index contributed by atoms with van der Waals surface area (Å²) in [5.41, 5.74) is 2.03.